The minimum atomic E-state index is 0.705. The minimum Gasteiger partial charge on any atom is -0.256 e. The van der Waals surface area contributed by atoms with Gasteiger partial charge in [0.25, 0.3) is 0 Å². The summed E-state index contributed by atoms with van der Waals surface area (Å²) < 4.78 is 0. The van der Waals surface area contributed by atoms with Crippen molar-refractivity contribution in [2.75, 3.05) is 0 Å². The van der Waals surface area contributed by atoms with E-state index in [4.69, 9.17) is 0 Å². The zero-order valence-corrected chi connectivity index (χ0v) is 14.4. The molecule has 1 aromatic carbocycles. The molecule has 0 N–H and O–H groups in total. The quantitative estimate of drug-likeness (QED) is 0.436. The molecule has 2 rings (SSSR count). The Hall–Kier alpha value is -1.37. The molecule has 2 aromatic rings. The molecule has 1 heterocycles. The topological polar surface area (TPSA) is 12.9 Å². The van der Waals surface area contributed by atoms with E-state index in [1.807, 2.05) is 6.20 Å². The van der Waals surface area contributed by atoms with Crippen molar-refractivity contribution in [3.63, 3.8) is 0 Å². The van der Waals surface area contributed by atoms with Gasteiger partial charge in [-0.1, -0.05) is 77.0 Å². The fraction of sp³-hybridized carbons (Fsp3) is 0.571. The number of rotatable bonds is 10. The third-order valence-electron chi connectivity index (χ3n) is 4.68. The summed E-state index contributed by atoms with van der Waals surface area (Å²) in [5.74, 6) is 0.705. The van der Waals surface area contributed by atoms with E-state index in [1.165, 1.54) is 68.7 Å². The fourth-order valence-corrected chi connectivity index (χ4v) is 3.39. The van der Waals surface area contributed by atoms with Gasteiger partial charge < -0.3 is 0 Å². The monoisotopic (exact) mass is 297 g/mol. The summed E-state index contributed by atoms with van der Waals surface area (Å²) in [5, 5.41) is 1.36. The van der Waals surface area contributed by atoms with Crippen molar-refractivity contribution in [3.05, 3.63) is 42.1 Å². The number of benzene rings is 1. The Morgan fingerprint density at radius 3 is 2.27 bits per heavy atom. The molecule has 1 atom stereocenters. The summed E-state index contributed by atoms with van der Waals surface area (Å²) in [6.07, 6.45) is 14.1. The summed E-state index contributed by atoms with van der Waals surface area (Å²) in [7, 11) is 0. The molecule has 0 aliphatic rings. The number of fused-ring (bicyclic) bond motifs is 1. The lowest BCUT2D eigenvalue weighted by atomic mass is 9.86. The molecule has 0 amide bonds. The minimum absolute atomic E-state index is 0.705. The van der Waals surface area contributed by atoms with Crippen LogP contribution in [0.3, 0.4) is 0 Å². The largest absolute Gasteiger partial charge is 0.256 e. The third kappa shape index (κ3) is 4.83. The van der Waals surface area contributed by atoms with Crippen molar-refractivity contribution in [3.8, 4) is 0 Å². The predicted molar refractivity (Wildman–Crippen MR) is 97.4 cm³/mol. The molecule has 1 nitrogen and oxygen atoms in total. The second-order valence-electron chi connectivity index (χ2n) is 6.46. The summed E-state index contributed by atoms with van der Waals surface area (Å²) >= 11 is 0. The third-order valence-corrected chi connectivity index (χ3v) is 4.68. The van der Waals surface area contributed by atoms with Gasteiger partial charge in [0.1, 0.15) is 0 Å². The molecule has 0 spiro atoms. The molecule has 120 valence electrons. The highest BCUT2D eigenvalue weighted by Crippen LogP contribution is 2.32. The van der Waals surface area contributed by atoms with Crippen molar-refractivity contribution in [2.24, 2.45) is 0 Å². The van der Waals surface area contributed by atoms with Gasteiger partial charge in [-0.3, -0.25) is 4.98 Å². The van der Waals surface area contributed by atoms with Gasteiger partial charge in [0.05, 0.1) is 5.52 Å². The molecule has 0 saturated heterocycles. The first kappa shape index (κ1) is 17.0. The highest BCUT2D eigenvalue weighted by atomic mass is 14.6. The predicted octanol–water partition coefficient (Wildman–Crippen LogP) is 6.87. The molecule has 1 aromatic heterocycles. The van der Waals surface area contributed by atoms with Crippen LogP contribution in [0.5, 0.6) is 0 Å². The SMILES string of the molecule is CCCCCCC(CCCCC)c1ccnc2ccccc12. The number of hydrogen-bond acceptors (Lipinski definition) is 1. The van der Waals surface area contributed by atoms with E-state index in [9.17, 15) is 0 Å². The number of nitrogens with zero attached hydrogens (tertiary/aromatic N) is 1. The molecular weight excluding hydrogens is 266 g/mol. The Balaban J connectivity index is 2.14. The first-order valence-corrected chi connectivity index (χ1v) is 9.20. The lowest BCUT2D eigenvalue weighted by Crippen LogP contribution is -2.01. The van der Waals surface area contributed by atoms with E-state index < -0.39 is 0 Å². The van der Waals surface area contributed by atoms with Crippen LogP contribution in [-0.2, 0) is 0 Å². The van der Waals surface area contributed by atoms with Gasteiger partial charge in [-0.05, 0) is 36.5 Å². The lowest BCUT2D eigenvalue weighted by molar-refractivity contribution is 0.503. The van der Waals surface area contributed by atoms with Crippen LogP contribution in [-0.4, -0.2) is 4.98 Å². The van der Waals surface area contributed by atoms with E-state index in [-0.39, 0.29) is 0 Å². The molecule has 0 fully saturated rings. The van der Waals surface area contributed by atoms with Gasteiger partial charge >= 0.3 is 0 Å². The second kappa shape index (κ2) is 9.61. The Labute approximate surface area is 136 Å². The number of hydrogen-bond donors (Lipinski definition) is 0. The van der Waals surface area contributed by atoms with Crippen LogP contribution >= 0.6 is 0 Å². The fourth-order valence-electron chi connectivity index (χ4n) is 3.39. The highest BCUT2D eigenvalue weighted by molar-refractivity contribution is 5.82. The molecule has 0 aliphatic heterocycles. The van der Waals surface area contributed by atoms with E-state index >= 15 is 0 Å². The van der Waals surface area contributed by atoms with E-state index in [2.05, 4.69) is 49.2 Å². The van der Waals surface area contributed by atoms with Crippen molar-refractivity contribution >= 4 is 10.9 Å². The van der Waals surface area contributed by atoms with Crippen molar-refractivity contribution in [1.82, 2.24) is 4.98 Å². The van der Waals surface area contributed by atoms with Gasteiger partial charge in [0.2, 0.25) is 0 Å². The van der Waals surface area contributed by atoms with E-state index in [0.29, 0.717) is 5.92 Å². The van der Waals surface area contributed by atoms with Gasteiger partial charge in [-0.2, -0.15) is 0 Å². The van der Waals surface area contributed by atoms with Gasteiger partial charge in [-0.25, -0.2) is 0 Å². The summed E-state index contributed by atoms with van der Waals surface area (Å²) in [5.41, 5.74) is 2.67. The van der Waals surface area contributed by atoms with Crippen molar-refractivity contribution in [1.29, 1.82) is 0 Å². The number of para-hydroxylation sites is 1. The second-order valence-corrected chi connectivity index (χ2v) is 6.46. The van der Waals surface area contributed by atoms with Crippen molar-refractivity contribution < 1.29 is 0 Å². The van der Waals surface area contributed by atoms with Crippen LogP contribution in [0.15, 0.2) is 36.5 Å². The Morgan fingerprint density at radius 1 is 0.818 bits per heavy atom. The lowest BCUT2D eigenvalue weighted by Gasteiger charge is -2.19. The van der Waals surface area contributed by atoms with Gasteiger partial charge in [0, 0.05) is 11.6 Å². The molecule has 0 bridgehead atoms. The maximum atomic E-state index is 4.53. The van der Waals surface area contributed by atoms with Gasteiger partial charge in [0.15, 0.2) is 0 Å². The van der Waals surface area contributed by atoms with Crippen LogP contribution in [0.2, 0.25) is 0 Å². The maximum Gasteiger partial charge on any atom is 0.0704 e. The summed E-state index contributed by atoms with van der Waals surface area (Å²) in [4.78, 5) is 4.53. The van der Waals surface area contributed by atoms with Crippen LogP contribution in [0, 0.1) is 0 Å². The number of pyridine rings is 1. The molecule has 22 heavy (non-hydrogen) atoms. The molecule has 0 saturated carbocycles. The average molecular weight is 297 g/mol. The number of unbranched alkanes of at least 4 members (excludes halogenated alkanes) is 5. The van der Waals surface area contributed by atoms with Crippen LogP contribution in [0.1, 0.15) is 83.1 Å². The summed E-state index contributed by atoms with van der Waals surface area (Å²) in [6, 6.07) is 10.9. The van der Waals surface area contributed by atoms with Gasteiger partial charge in [-0.15, -0.1) is 0 Å². The maximum absolute atomic E-state index is 4.53. The first-order valence-electron chi connectivity index (χ1n) is 9.20. The average Bonchev–Trinajstić information content (AvgIpc) is 2.57. The molecule has 0 radical (unpaired) electrons. The number of aromatic nitrogens is 1. The molecule has 0 aliphatic carbocycles. The van der Waals surface area contributed by atoms with Crippen LogP contribution in [0.25, 0.3) is 10.9 Å². The molecule has 1 heteroatoms. The highest BCUT2D eigenvalue weighted by Gasteiger charge is 2.14. The normalized spacial score (nSPS) is 12.6. The molecule has 1 unspecified atom stereocenters. The summed E-state index contributed by atoms with van der Waals surface area (Å²) in [6.45, 7) is 4.58. The Morgan fingerprint density at radius 2 is 1.50 bits per heavy atom. The van der Waals surface area contributed by atoms with Crippen LogP contribution < -0.4 is 0 Å². The standard InChI is InChI=1S/C21H31N/c1-3-5-7-9-13-18(12-8-6-4-2)19-16-17-22-21-15-11-10-14-20(19)21/h10-11,14-18H,3-9,12-13H2,1-2H3. The Kier molecular flexibility index (Phi) is 7.42. The van der Waals surface area contributed by atoms with E-state index in [0.717, 1.165) is 5.52 Å². The zero-order valence-electron chi connectivity index (χ0n) is 14.4. The van der Waals surface area contributed by atoms with Crippen molar-refractivity contribution in [2.45, 2.75) is 77.6 Å². The zero-order chi connectivity index (χ0) is 15.6. The first-order chi connectivity index (χ1) is 10.9. The van der Waals surface area contributed by atoms with E-state index in [1.54, 1.807) is 0 Å². The smallest absolute Gasteiger partial charge is 0.0704 e. The van der Waals surface area contributed by atoms with Crippen LogP contribution in [0.4, 0.5) is 0 Å². The molecular formula is C21H31N. The Bertz CT molecular complexity index is 541.